The zero-order valence-electron chi connectivity index (χ0n) is 29.0. The Bertz CT molecular complexity index is 1980. The fraction of sp³-hybridized carbons (Fsp3) is 0.0612. The molecule has 0 saturated heterocycles. The topological polar surface area (TPSA) is 14.1 Å². The number of rotatable bonds is 5. The molecule has 1 nitrogen and oxygen atoms in total. The standard InChI is InChI=1S/C30H22N.C19H17P.Rh/c1-5-13-25-21(9-1)17-18-22-10-2-6-14-26(22)29(25)31-30-27-15-7-3-11-23(27)19-20-24-12-4-8-16-28(24)30;1-16-12-14-19(15-13-16)20(17-8-4-2-5-9-17)18-10-6-3-7-11-18;/h1-20,29-30H;2-15H,1H3;/q-1;;. The second kappa shape index (κ2) is 16.9. The van der Waals surface area contributed by atoms with Crippen LogP contribution in [0.5, 0.6) is 0 Å². The van der Waals surface area contributed by atoms with Crippen LogP contribution in [0.4, 0.5) is 0 Å². The van der Waals surface area contributed by atoms with Crippen molar-refractivity contribution in [3.8, 4) is 0 Å². The third-order valence-electron chi connectivity index (χ3n) is 9.67. The van der Waals surface area contributed by atoms with Crippen molar-refractivity contribution in [1.29, 1.82) is 0 Å². The van der Waals surface area contributed by atoms with Crippen molar-refractivity contribution in [1.82, 2.24) is 0 Å². The van der Waals surface area contributed by atoms with Gasteiger partial charge in [0, 0.05) is 19.5 Å². The molecule has 5 radical (unpaired) electrons. The molecule has 9 rings (SSSR count). The van der Waals surface area contributed by atoms with Gasteiger partial charge >= 0.3 is 0 Å². The van der Waals surface area contributed by atoms with Gasteiger partial charge in [-0.15, -0.1) is 0 Å². The van der Waals surface area contributed by atoms with E-state index in [-0.39, 0.29) is 31.6 Å². The molecular formula is C49H39NPRh-. The van der Waals surface area contributed by atoms with Crippen molar-refractivity contribution < 1.29 is 19.5 Å². The van der Waals surface area contributed by atoms with Crippen LogP contribution in [-0.4, -0.2) is 0 Å². The van der Waals surface area contributed by atoms with Gasteiger partial charge in [-0.05, 0) is 78.7 Å². The van der Waals surface area contributed by atoms with E-state index >= 15 is 0 Å². The minimum atomic E-state index is -0.458. The predicted octanol–water partition coefficient (Wildman–Crippen LogP) is 10.9. The Morgan fingerprint density at radius 2 is 0.635 bits per heavy atom. The molecule has 2 aliphatic carbocycles. The SMILES string of the molecule is Cc1ccc(P(c2ccccc2)c2ccccc2)cc1.[CH]1[CH]c2ccccc2C([N-]C2c3ccccc3[CH][CH]c3ccccc32)c2ccccc21.[Rh]. The van der Waals surface area contributed by atoms with Crippen molar-refractivity contribution in [3.63, 3.8) is 0 Å². The Balaban J connectivity index is 0.000000174. The van der Waals surface area contributed by atoms with Crippen LogP contribution in [0, 0.1) is 32.6 Å². The summed E-state index contributed by atoms with van der Waals surface area (Å²) in [5, 5.41) is 9.81. The van der Waals surface area contributed by atoms with E-state index in [2.05, 4.69) is 215 Å². The normalized spacial score (nSPS) is 13.5. The molecule has 255 valence electrons. The molecule has 0 fully saturated rings. The molecule has 0 unspecified atom stereocenters. The van der Waals surface area contributed by atoms with Gasteiger partial charge in [-0.2, -0.15) is 0 Å². The minimum Gasteiger partial charge on any atom is -0.641 e. The zero-order valence-corrected chi connectivity index (χ0v) is 31.5. The third-order valence-corrected chi connectivity index (χ3v) is 12.1. The van der Waals surface area contributed by atoms with Gasteiger partial charge in [-0.25, -0.2) is 0 Å². The Labute approximate surface area is 323 Å². The van der Waals surface area contributed by atoms with Crippen LogP contribution in [0.1, 0.15) is 62.2 Å². The summed E-state index contributed by atoms with van der Waals surface area (Å²) in [7, 11) is -0.458. The largest absolute Gasteiger partial charge is 0.641 e. The van der Waals surface area contributed by atoms with Crippen molar-refractivity contribution in [2.24, 2.45) is 0 Å². The van der Waals surface area contributed by atoms with E-state index in [4.69, 9.17) is 5.32 Å². The molecule has 0 saturated carbocycles. The number of benzene rings is 7. The number of nitrogens with zero attached hydrogens (tertiary/aromatic N) is 1. The van der Waals surface area contributed by atoms with Gasteiger partial charge in [0.1, 0.15) is 0 Å². The number of aryl methyl sites for hydroxylation is 1. The second-order valence-electron chi connectivity index (χ2n) is 13.0. The van der Waals surface area contributed by atoms with Gasteiger partial charge in [0.25, 0.3) is 0 Å². The molecule has 7 aromatic rings. The average Bonchev–Trinajstić information content (AvgIpc) is 3.45. The van der Waals surface area contributed by atoms with Crippen LogP contribution >= 0.6 is 7.92 Å². The molecular weight excluding hydrogens is 736 g/mol. The van der Waals surface area contributed by atoms with Crippen LogP contribution in [0.2, 0.25) is 0 Å². The van der Waals surface area contributed by atoms with E-state index in [1.807, 2.05) is 0 Å². The smallest absolute Gasteiger partial charge is 0 e. The zero-order chi connectivity index (χ0) is 34.4. The molecule has 0 aromatic heterocycles. The number of fused-ring (bicyclic) bond motifs is 4. The summed E-state index contributed by atoms with van der Waals surface area (Å²) in [6.45, 7) is 2.14. The van der Waals surface area contributed by atoms with Crippen LogP contribution in [0.3, 0.4) is 0 Å². The van der Waals surface area contributed by atoms with Gasteiger partial charge < -0.3 is 5.32 Å². The summed E-state index contributed by atoms with van der Waals surface area (Å²) in [5.74, 6) is 0. The molecule has 52 heavy (non-hydrogen) atoms. The van der Waals surface area contributed by atoms with Gasteiger partial charge in [0.15, 0.2) is 0 Å². The van der Waals surface area contributed by atoms with Crippen molar-refractivity contribution in [2.45, 2.75) is 19.0 Å². The Hall–Kier alpha value is -4.45. The van der Waals surface area contributed by atoms with Crippen molar-refractivity contribution in [3.05, 3.63) is 263 Å². The van der Waals surface area contributed by atoms with E-state index in [1.165, 1.54) is 66.0 Å². The maximum Gasteiger partial charge on any atom is 0 e. The molecule has 0 aliphatic heterocycles. The van der Waals surface area contributed by atoms with Crippen LogP contribution in [0.25, 0.3) is 5.32 Å². The minimum absolute atomic E-state index is 0. The molecule has 0 spiro atoms. The van der Waals surface area contributed by atoms with E-state index in [1.54, 1.807) is 0 Å². The van der Waals surface area contributed by atoms with Crippen molar-refractivity contribution >= 4 is 23.8 Å². The molecule has 0 heterocycles. The van der Waals surface area contributed by atoms with E-state index < -0.39 is 7.92 Å². The van der Waals surface area contributed by atoms with Crippen LogP contribution in [0.15, 0.2) is 182 Å². The van der Waals surface area contributed by atoms with Crippen molar-refractivity contribution in [2.75, 3.05) is 0 Å². The monoisotopic (exact) mass is 775 g/mol. The Kier molecular flexibility index (Phi) is 11.7. The molecule has 0 amide bonds. The molecule has 7 aromatic carbocycles. The molecule has 3 heteroatoms. The fourth-order valence-electron chi connectivity index (χ4n) is 7.11. The molecule has 0 bridgehead atoms. The summed E-state index contributed by atoms with van der Waals surface area (Å²) >= 11 is 0. The van der Waals surface area contributed by atoms with E-state index in [9.17, 15) is 0 Å². The third kappa shape index (κ3) is 7.82. The molecule has 0 atom stereocenters. The van der Waals surface area contributed by atoms with Crippen LogP contribution in [-0.2, 0) is 19.5 Å². The average molecular weight is 776 g/mol. The quantitative estimate of drug-likeness (QED) is 0.122. The first-order valence-electron chi connectivity index (χ1n) is 17.6. The summed E-state index contributed by atoms with van der Waals surface area (Å²) in [6.07, 6.45) is 8.89. The van der Waals surface area contributed by atoms with E-state index in [0.717, 1.165) is 0 Å². The summed E-state index contributed by atoms with van der Waals surface area (Å²) in [6, 6.07) is 65.1. The fourth-order valence-corrected chi connectivity index (χ4v) is 9.39. The first-order chi connectivity index (χ1) is 25.2. The first kappa shape index (κ1) is 35.9. The maximum atomic E-state index is 5.60. The van der Waals surface area contributed by atoms with E-state index in [0.29, 0.717) is 0 Å². The Morgan fingerprint density at radius 3 is 0.981 bits per heavy atom. The van der Waals surface area contributed by atoms with Crippen LogP contribution < -0.4 is 15.9 Å². The number of hydrogen-bond donors (Lipinski definition) is 0. The summed E-state index contributed by atoms with van der Waals surface area (Å²) < 4.78 is 0. The van der Waals surface area contributed by atoms with Gasteiger partial charge in [0.2, 0.25) is 0 Å². The first-order valence-corrected chi connectivity index (χ1v) is 19.0. The van der Waals surface area contributed by atoms with Gasteiger partial charge in [0.05, 0.1) is 0 Å². The summed E-state index contributed by atoms with van der Waals surface area (Å²) in [4.78, 5) is 0. The maximum absolute atomic E-state index is 5.60. The molecule has 0 N–H and O–H groups in total. The molecule has 2 aliphatic rings. The van der Waals surface area contributed by atoms with Gasteiger partial charge in [-0.3, -0.25) is 0 Å². The number of hydrogen-bond acceptors (Lipinski definition) is 0. The predicted molar refractivity (Wildman–Crippen MR) is 216 cm³/mol. The van der Waals surface area contributed by atoms with Gasteiger partial charge in [-0.1, -0.05) is 222 Å². The Morgan fingerprint density at radius 1 is 0.346 bits per heavy atom. The summed E-state index contributed by atoms with van der Waals surface area (Å²) in [5.41, 5.74) is 11.3. The second-order valence-corrected chi connectivity index (χ2v) is 15.2.